The van der Waals surface area contributed by atoms with Crippen LogP contribution in [0.1, 0.15) is 41.3 Å². The molecule has 0 bridgehead atoms. The number of hydrazone groups is 1. The van der Waals surface area contributed by atoms with Gasteiger partial charge in [-0.15, -0.1) is 0 Å². The van der Waals surface area contributed by atoms with Crippen molar-refractivity contribution in [2.24, 2.45) is 5.10 Å². The Kier molecular flexibility index (Phi) is 8.16. The van der Waals surface area contributed by atoms with E-state index in [1.165, 1.54) is 11.8 Å². The molecule has 3 aromatic rings. The van der Waals surface area contributed by atoms with E-state index in [9.17, 15) is 9.59 Å². The second-order valence-electron chi connectivity index (χ2n) is 7.27. The molecule has 3 rings (SSSR count). The molecule has 0 atom stereocenters. The number of hydrogen-bond acceptors (Lipinski definition) is 5. The van der Waals surface area contributed by atoms with Gasteiger partial charge in [-0.05, 0) is 77.7 Å². The minimum absolute atomic E-state index is 0.136. The van der Waals surface area contributed by atoms with Gasteiger partial charge in [-0.1, -0.05) is 41.9 Å². The van der Waals surface area contributed by atoms with Gasteiger partial charge in [0, 0.05) is 4.47 Å². The minimum Gasteiger partial charge on any atom is -0.484 e. The van der Waals surface area contributed by atoms with Gasteiger partial charge < -0.3 is 9.47 Å². The lowest BCUT2D eigenvalue weighted by Crippen LogP contribution is -2.24. The number of esters is 1. The van der Waals surface area contributed by atoms with Crippen molar-refractivity contribution < 1.29 is 19.1 Å². The summed E-state index contributed by atoms with van der Waals surface area (Å²) < 4.78 is 11.7. The third-order valence-corrected chi connectivity index (χ3v) is 5.02. The van der Waals surface area contributed by atoms with Crippen molar-refractivity contribution in [3.05, 3.63) is 94.0 Å². The zero-order chi connectivity index (χ0) is 22.9. The molecule has 1 amide bonds. The van der Waals surface area contributed by atoms with Crippen molar-refractivity contribution in [3.8, 4) is 11.5 Å². The molecular weight excluding hydrogens is 472 g/mol. The van der Waals surface area contributed by atoms with E-state index in [4.69, 9.17) is 9.47 Å². The van der Waals surface area contributed by atoms with Gasteiger partial charge in [0.2, 0.25) is 0 Å². The molecule has 7 heteroatoms. The molecular formula is C25H23BrN2O4. The van der Waals surface area contributed by atoms with E-state index in [1.54, 1.807) is 48.5 Å². The Bertz CT molecular complexity index is 1080. The fourth-order valence-corrected chi connectivity index (χ4v) is 2.95. The maximum atomic E-state index is 12.1. The number of amides is 1. The molecule has 0 aliphatic rings. The van der Waals surface area contributed by atoms with Crippen LogP contribution in [0, 0.1) is 0 Å². The van der Waals surface area contributed by atoms with Crippen LogP contribution in [-0.4, -0.2) is 24.7 Å². The Morgan fingerprint density at radius 2 is 1.56 bits per heavy atom. The van der Waals surface area contributed by atoms with Crippen LogP contribution in [0.3, 0.4) is 0 Å². The summed E-state index contributed by atoms with van der Waals surface area (Å²) in [5, 5.41) is 3.92. The Hall–Kier alpha value is -3.45. The SMILES string of the molecule is CC(C)c1ccc(OCC(=O)NN=Cc2ccc(OC(=O)c3ccc(Br)cc3)cc2)cc1. The highest BCUT2D eigenvalue weighted by molar-refractivity contribution is 9.10. The number of carbonyl (C=O) groups excluding carboxylic acids is 2. The number of carbonyl (C=O) groups is 2. The number of nitrogens with zero attached hydrogens (tertiary/aromatic N) is 1. The third-order valence-electron chi connectivity index (χ3n) is 4.49. The van der Waals surface area contributed by atoms with E-state index in [0.29, 0.717) is 23.0 Å². The Morgan fingerprint density at radius 1 is 0.938 bits per heavy atom. The first kappa shape index (κ1) is 23.2. The van der Waals surface area contributed by atoms with Gasteiger partial charge in [-0.25, -0.2) is 10.2 Å². The first-order valence-electron chi connectivity index (χ1n) is 10.0. The lowest BCUT2D eigenvalue weighted by atomic mass is 10.0. The average Bonchev–Trinajstić information content (AvgIpc) is 2.79. The third kappa shape index (κ3) is 7.06. The summed E-state index contributed by atoms with van der Waals surface area (Å²) in [5.74, 6) is 0.673. The van der Waals surface area contributed by atoms with Crippen LogP contribution in [0.15, 0.2) is 82.4 Å². The van der Waals surface area contributed by atoms with E-state index in [0.717, 1.165) is 10.0 Å². The first-order chi connectivity index (χ1) is 15.4. The maximum Gasteiger partial charge on any atom is 0.343 e. The molecule has 164 valence electrons. The number of ether oxygens (including phenoxy) is 2. The number of rotatable bonds is 8. The summed E-state index contributed by atoms with van der Waals surface area (Å²) in [6.45, 7) is 4.10. The molecule has 0 radical (unpaired) electrons. The highest BCUT2D eigenvalue weighted by Gasteiger charge is 2.08. The number of halogens is 1. The summed E-state index contributed by atoms with van der Waals surface area (Å²) in [7, 11) is 0. The van der Waals surface area contributed by atoms with E-state index in [2.05, 4.69) is 40.3 Å². The molecule has 1 N–H and O–H groups in total. The smallest absolute Gasteiger partial charge is 0.343 e. The lowest BCUT2D eigenvalue weighted by molar-refractivity contribution is -0.123. The molecule has 0 spiro atoms. The minimum atomic E-state index is -0.440. The predicted molar refractivity (Wildman–Crippen MR) is 127 cm³/mol. The van der Waals surface area contributed by atoms with Crippen molar-refractivity contribution in [3.63, 3.8) is 0 Å². The molecule has 0 fully saturated rings. The molecule has 0 heterocycles. The maximum absolute atomic E-state index is 12.1. The second kappa shape index (κ2) is 11.2. The summed E-state index contributed by atoms with van der Waals surface area (Å²) in [6.07, 6.45) is 1.50. The van der Waals surface area contributed by atoms with E-state index in [1.807, 2.05) is 24.3 Å². The molecule has 0 saturated heterocycles. The lowest BCUT2D eigenvalue weighted by Gasteiger charge is -2.08. The van der Waals surface area contributed by atoms with Crippen molar-refractivity contribution in [2.45, 2.75) is 19.8 Å². The monoisotopic (exact) mass is 494 g/mol. The van der Waals surface area contributed by atoms with Crippen LogP contribution < -0.4 is 14.9 Å². The molecule has 0 aliphatic heterocycles. The van der Waals surface area contributed by atoms with E-state index >= 15 is 0 Å². The van der Waals surface area contributed by atoms with Crippen LogP contribution in [0.5, 0.6) is 11.5 Å². The Balaban J connectivity index is 1.44. The topological polar surface area (TPSA) is 77.0 Å². The molecule has 0 aromatic heterocycles. The van der Waals surface area contributed by atoms with Crippen LogP contribution in [0.25, 0.3) is 0 Å². The molecule has 32 heavy (non-hydrogen) atoms. The fourth-order valence-electron chi connectivity index (χ4n) is 2.68. The van der Waals surface area contributed by atoms with Gasteiger partial charge in [0.05, 0.1) is 11.8 Å². The highest BCUT2D eigenvalue weighted by atomic mass is 79.9. The summed E-state index contributed by atoms with van der Waals surface area (Å²) >= 11 is 3.33. The first-order valence-corrected chi connectivity index (χ1v) is 10.8. The van der Waals surface area contributed by atoms with Crippen molar-refractivity contribution in [1.82, 2.24) is 5.43 Å². The largest absolute Gasteiger partial charge is 0.484 e. The van der Waals surface area contributed by atoms with E-state index in [-0.39, 0.29) is 12.5 Å². The Labute approximate surface area is 195 Å². The Morgan fingerprint density at radius 3 is 2.19 bits per heavy atom. The van der Waals surface area contributed by atoms with Crippen molar-refractivity contribution >= 4 is 34.0 Å². The van der Waals surface area contributed by atoms with Gasteiger partial charge in [0.1, 0.15) is 11.5 Å². The van der Waals surface area contributed by atoms with E-state index < -0.39 is 5.97 Å². The predicted octanol–water partition coefficient (Wildman–Crippen LogP) is 5.32. The fraction of sp³-hybridized carbons (Fsp3) is 0.160. The zero-order valence-corrected chi connectivity index (χ0v) is 19.3. The van der Waals surface area contributed by atoms with Crippen molar-refractivity contribution in [2.75, 3.05) is 6.61 Å². The van der Waals surface area contributed by atoms with Gasteiger partial charge in [0.15, 0.2) is 6.61 Å². The molecule has 6 nitrogen and oxygen atoms in total. The van der Waals surface area contributed by atoms with Gasteiger partial charge >= 0.3 is 5.97 Å². The molecule has 0 aliphatic carbocycles. The quantitative estimate of drug-likeness (QED) is 0.199. The van der Waals surface area contributed by atoms with Gasteiger partial charge in [-0.3, -0.25) is 4.79 Å². The van der Waals surface area contributed by atoms with Gasteiger partial charge in [0.25, 0.3) is 5.91 Å². The number of nitrogens with one attached hydrogen (secondary N) is 1. The average molecular weight is 495 g/mol. The summed E-state index contributed by atoms with van der Waals surface area (Å²) in [4.78, 5) is 24.0. The molecule has 3 aromatic carbocycles. The zero-order valence-electron chi connectivity index (χ0n) is 17.7. The summed E-state index contributed by atoms with van der Waals surface area (Å²) in [5.41, 5.74) is 4.82. The van der Waals surface area contributed by atoms with Crippen molar-refractivity contribution in [1.29, 1.82) is 0 Å². The van der Waals surface area contributed by atoms with Crippen LogP contribution in [0.4, 0.5) is 0 Å². The van der Waals surface area contributed by atoms with Crippen LogP contribution in [-0.2, 0) is 4.79 Å². The van der Waals surface area contributed by atoms with Crippen LogP contribution >= 0.6 is 15.9 Å². The molecule has 0 saturated carbocycles. The highest BCUT2D eigenvalue weighted by Crippen LogP contribution is 2.18. The normalized spacial score (nSPS) is 10.9. The number of hydrogen-bond donors (Lipinski definition) is 1. The standard InChI is InChI=1S/C25H23BrN2O4/c1-17(2)19-7-13-22(14-8-19)31-16-24(29)28-27-15-18-3-11-23(12-4-18)32-25(30)20-5-9-21(26)10-6-20/h3-15,17H,16H2,1-2H3,(H,28,29). The summed E-state index contributed by atoms with van der Waals surface area (Å²) in [6, 6.07) is 21.3. The molecule has 0 unspecified atom stereocenters. The van der Waals surface area contributed by atoms with Crippen LogP contribution in [0.2, 0.25) is 0 Å². The second-order valence-corrected chi connectivity index (χ2v) is 8.19. The number of benzene rings is 3. The van der Waals surface area contributed by atoms with Gasteiger partial charge in [-0.2, -0.15) is 5.10 Å².